The molecule has 2 rings (SSSR count). The number of aryl methyl sites for hydroxylation is 1. The summed E-state index contributed by atoms with van der Waals surface area (Å²) >= 11 is 1.64. The second-order valence-corrected chi connectivity index (χ2v) is 7.46. The lowest BCUT2D eigenvalue weighted by molar-refractivity contribution is 0.0952. The minimum absolute atomic E-state index is 0.0201. The summed E-state index contributed by atoms with van der Waals surface area (Å²) in [7, 11) is 0. The summed E-state index contributed by atoms with van der Waals surface area (Å²) in [4.78, 5) is 17.1. The molecule has 0 aliphatic heterocycles. The molecule has 1 amide bonds. The number of nitrogens with one attached hydrogen (secondary N) is 1. The molecule has 23 heavy (non-hydrogen) atoms. The van der Waals surface area contributed by atoms with E-state index in [2.05, 4.69) is 41.0 Å². The molecule has 2 aromatic rings. The Balaban J connectivity index is 2.37. The van der Waals surface area contributed by atoms with Crippen molar-refractivity contribution < 1.29 is 4.79 Å². The Morgan fingerprint density at radius 3 is 2.70 bits per heavy atom. The highest BCUT2D eigenvalue weighted by Gasteiger charge is 2.20. The van der Waals surface area contributed by atoms with Crippen LogP contribution in [-0.2, 0) is 6.54 Å². The Morgan fingerprint density at radius 2 is 2.13 bits per heavy atom. The van der Waals surface area contributed by atoms with Gasteiger partial charge in [-0.15, -0.1) is 11.3 Å². The third-order valence-corrected chi connectivity index (χ3v) is 4.63. The number of nitrogens with zero attached hydrogens (tertiary/aromatic N) is 2. The first-order chi connectivity index (χ1) is 10.9. The van der Waals surface area contributed by atoms with Crippen LogP contribution in [0.3, 0.4) is 0 Å². The van der Waals surface area contributed by atoms with Gasteiger partial charge in [-0.1, -0.05) is 27.2 Å². The summed E-state index contributed by atoms with van der Waals surface area (Å²) < 4.78 is 2.23. The minimum atomic E-state index is 0.0201. The molecule has 0 spiro atoms. The number of rotatable bonds is 7. The van der Waals surface area contributed by atoms with Crippen LogP contribution < -0.4 is 5.32 Å². The topological polar surface area (TPSA) is 46.9 Å². The average molecular weight is 334 g/mol. The molecule has 0 bridgehead atoms. The van der Waals surface area contributed by atoms with Crippen molar-refractivity contribution in [1.82, 2.24) is 14.9 Å². The van der Waals surface area contributed by atoms with Crippen molar-refractivity contribution in [2.24, 2.45) is 5.92 Å². The molecule has 0 saturated carbocycles. The van der Waals surface area contributed by atoms with E-state index in [1.165, 1.54) is 0 Å². The Kier molecular flexibility index (Phi) is 5.99. The van der Waals surface area contributed by atoms with Crippen LogP contribution in [0.5, 0.6) is 0 Å². The monoisotopic (exact) mass is 333 g/mol. The minimum Gasteiger partial charge on any atom is -0.352 e. The zero-order valence-corrected chi connectivity index (χ0v) is 15.6. The van der Waals surface area contributed by atoms with Crippen LogP contribution in [0.4, 0.5) is 0 Å². The van der Waals surface area contributed by atoms with E-state index in [-0.39, 0.29) is 5.91 Å². The quantitative estimate of drug-likeness (QED) is 0.763. The Labute approximate surface area is 142 Å². The van der Waals surface area contributed by atoms with E-state index >= 15 is 0 Å². The summed E-state index contributed by atoms with van der Waals surface area (Å²) in [5.41, 5.74) is 3.79. The first-order valence-corrected chi connectivity index (χ1v) is 9.22. The van der Waals surface area contributed by atoms with Gasteiger partial charge >= 0.3 is 0 Å². The molecule has 2 aromatic heterocycles. The molecule has 0 atom stereocenters. The average Bonchev–Trinajstić information content (AvgIpc) is 3.04. The normalized spacial score (nSPS) is 11.2. The number of thiazole rings is 1. The van der Waals surface area contributed by atoms with Gasteiger partial charge < -0.3 is 9.88 Å². The molecule has 0 aromatic carbocycles. The standard InChI is InChI=1S/C18H27N3OS/c1-6-7-8-19-18(22)15-9-17(16-11-23-14(5)20-16)21(13(15)4)10-12(2)3/h9,11-12H,6-8,10H2,1-5H3,(H,19,22). The van der Waals surface area contributed by atoms with E-state index in [1.807, 2.05) is 19.9 Å². The molecule has 1 N–H and O–H groups in total. The van der Waals surface area contributed by atoms with Crippen molar-refractivity contribution in [2.75, 3.05) is 6.54 Å². The number of amides is 1. The third-order valence-electron chi connectivity index (χ3n) is 3.86. The maximum absolute atomic E-state index is 12.5. The van der Waals surface area contributed by atoms with Crippen molar-refractivity contribution in [2.45, 2.75) is 54.0 Å². The fourth-order valence-corrected chi connectivity index (χ4v) is 3.25. The van der Waals surface area contributed by atoms with Crippen LogP contribution in [0.2, 0.25) is 0 Å². The van der Waals surface area contributed by atoms with E-state index in [0.29, 0.717) is 5.92 Å². The maximum atomic E-state index is 12.5. The molecular weight excluding hydrogens is 306 g/mol. The van der Waals surface area contributed by atoms with Crippen LogP contribution in [0.1, 0.15) is 54.7 Å². The molecule has 0 aliphatic carbocycles. The van der Waals surface area contributed by atoms with Gasteiger partial charge in [-0.2, -0.15) is 0 Å². The highest BCUT2D eigenvalue weighted by molar-refractivity contribution is 7.09. The summed E-state index contributed by atoms with van der Waals surface area (Å²) in [5.74, 6) is 0.530. The zero-order chi connectivity index (χ0) is 17.0. The highest BCUT2D eigenvalue weighted by atomic mass is 32.1. The predicted octanol–water partition coefficient (Wildman–Crippen LogP) is 4.41. The summed E-state index contributed by atoms with van der Waals surface area (Å²) in [6, 6.07) is 1.99. The van der Waals surface area contributed by atoms with Crippen molar-refractivity contribution in [3.63, 3.8) is 0 Å². The Morgan fingerprint density at radius 1 is 1.39 bits per heavy atom. The number of hydrogen-bond donors (Lipinski definition) is 1. The maximum Gasteiger partial charge on any atom is 0.253 e. The fraction of sp³-hybridized carbons (Fsp3) is 0.556. The Bertz CT molecular complexity index is 670. The number of hydrogen-bond acceptors (Lipinski definition) is 3. The van der Waals surface area contributed by atoms with Crippen LogP contribution >= 0.6 is 11.3 Å². The third kappa shape index (κ3) is 4.22. The molecule has 0 unspecified atom stereocenters. The second-order valence-electron chi connectivity index (χ2n) is 6.39. The van der Waals surface area contributed by atoms with Gasteiger partial charge in [0.15, 0.2) is 0 Å². The Hall–Kier alpha value is -1.62. The number of aromatic nitrogens is 2. The van der Waals surface area contributed by atoms with Crippen LogP contribution in [0.25, 0.3) is 11.4 Å². The molecule has 0 fully saturated rings. The zero-order valence-electron chi connectivity index (χ0n) is 14.8. The van der Waals surface area contributed by atoms with Gasteiger partial charge in [-0.3, -0.25) is 4.79 Å². The van der Waals surface area contributed by atoms with Crippen molar-refractivity contribution in [3.8, 4) is 11.4 Å². The SMILES string of the molecule is CCCCNC(=O)c1cc(-c2csc(C)n2)n(CC(C)C)c1C. The highest BCUT2D eigenvalue weighted by Crippen LogP contribution is 2.28. The van der Waals surface area contributed by atoms with Gasteiger partial charge in [-0.05, 0) is 32.3 Å². The fourth-order valence-electron chi connectivity index (χ4n) is 2.64. The van der Waals surface area contributed by atoms with Crippen molar-refractivity contribution in [3.05, 3.63) is 27.7 Å². The molecule has 126 valence electrons. The second kappa shape index (κ2) is 7.77. The van der Waals surface area contributed by atoms with E-state index in [4.69, 9.17) is 0 Å². The predicted molar refractivity (Wildman–Crippen MR) is 97.1 cm³/mol. The first-order valence-electron chi connectivity index (χ1n) is 8.34. The van der Waals surface area contributed by atoms with E-state index in [9.17, 15) is 4.79 Å². The molecular formula is C18H27N3OS. The molecule has 5 heteroatoms. The van der Waals surface area contributed by atoms with Gasteiger partial charge in [0, 0.05) is 24.2 Å². The van der Waals surface area contributed by atoms with Gasteiger partial charge in [0.1, 0.15) is 0 Å². The van der Waals surface area contributed by atoms with E-state index in [1.54, 1.807) is 11.3 Å². The van der Waals surface area contributed by atoms with Crippen molar-refractivity contribution >= 4 is 17.2 Å². The molecule has 2 heterocycles. The largest absolute Gasteiger partial charge is 0.352 e. The lowest BCUT2D eigenvalue weighted by Gasteiger charge is -2.13. The summed E-state index contributed by atoms with van der Waals surface area (Å²) in [6.45, 7) is 12.2. The van der Waals surface area contributed by atoms with Crippen molar-refractivity contribution in [1.29, 1.82) is 0 Å². The number of carbonyl (C=O) groups excluding carboxylic acids is 1. The van der Waals surface area contributed by atoms with Crippen LogP contribution in [-0.4, -0.2) is 22.0 Å². The van der Waals surface area contributed by atoms with Gasteiger partial charge in [0.25, 0.3) is 5.91 Å². The van der Waals surface area contributed by atoms with E-state index < -0.39 is 0 Å². The van der Waals surface area contributed by atoms with Gasteiger partial charge in [-0.25, -0.2) is 4.98 Å². The summed E-state index contributed by atoms with van der Waals surface area (Å²) in [6.07, 6.45) is 2.09. The summed E-state index contributed by atoms with van der Waals surface area (Å²) in [5, 5.41) is 6.14. The van der Waals surface area contributed by atoms with E-state index in [0.717, 1.165) is 53.6 Å². The van der Waals surface area contributed by atoms with Crippen LogP contribution in [0, 0.1) is 19.8 Å². The molecule has 0 aliphatic rings. The smallest absolute Gasteiger partial charge is 0.253 e. The molecule has 4 nitrogen and oxygen atoms in total. The molecule has 0 radical (unpaired) electrons. The van der Waals surface area contributed by atoms with Gasteiger partial charge in [0.2, 0.25) is 0 Å². The number of unbranched alkanes of at least 4 members (excludes halogenated alkanes) is 1. The van der Waals surface area contributed by atoms with Gasteiger partial charge in [0.05, 0.1) is 22.0 Å². The lowest BCUT2D eigenvalue weighted by atomic mass is 10.2. The first kappa shape index (κ1) is 17.7. The van der Waals surface area contributed by atoms with Crippen LogP contribution in [0.15, 0.2) is 11.4 Å². The number of carbonyl (C=O) groups is 1. The lowest BCUT2D eigenvalue weighted by Crippen LogP contribution is -2.24. The molecule has 0 saturated heterocycles.